The molecule has 0 saturated heterocycles. The number of hydrogen-bond donors (Lipinski definition) is 1. The van der Waals surface area contributed by atoms with Crippen LogP contribution in [-0.4, -0.2) is 25.1 Å². The standard InChI is InChI=1S/C9H12F2N2O/c1-6-3-7(12-2)4-13-9(6)14-5-8(10)11/h3-4,8,12H,5H2,1-2H3. The number of hydrogen-bond acceptors (Lipinski definition) is 3. The lowest BCUT2D eigenvalue weighted by atomic mass is 10.3. The Balaban J connectivity index is 2.69. The highest BCUT2D eigenvalue weighted by atomic mass is 19.3. The number of halogens is 2. The van der Waals surface area contributed by atoms with Crippen molar-refractivity contribution in [1.29, 1.82) is 0 Å². The van der Waals surface area contributed by atoms with E-state index in [9.17, 15) is 8.78 Å². The molecule has 0 radical (unpaired) electrons. The summed E-state index contributed by atoms with van der Waals surface area (Å²) in [6, 6.07) is 1.79. The smallest absolute Gasteiger partial charge is 0.272 e. The molecule has 0 aliphatic rings. The normalized spacial score (nSPS) is 10.4. The van der Waals surface area contributed by atoms with Gasteiger partial charge in [-0.05, 0) is 13.0 Å². The average molecular weight is 202 g/mol. The molecule has 0 aromatic carbocycles. The predicted molar refractivity (Wildman–Crippen MR) is 50.0 cm³/mol. The second kappa shape index (κ2) is 4.74. The average Bonchev–Trinajstić information content (AvgIpc) is 2.15. The van der Waals surface area contributed by atoms with E-state index in [-0.39, 0.29) is 5.88 Å². The van der Waals surface area contributed by atoms with E-state index in [1.54, 1.807) is 20.0 Å². The van der Waals surface area contributed by atoms with Crippen molar-refractivity contribution in [2.45, 2.75) is 13.3 Å². The highest BCUT2D eigenvalue weighted by Crippen LogP contribution is 2.18. The van der Waals surface area contributed by atoms with Crippen LogP contribution in [0.3, 0.4) is 0 Å². The van der Waals surface area contributed by atoms with Crippen LogP contribution in [0.2, 0.25) is 0 Å². The van der Waals surface area contributed by atoms with Crippen molar-refractivity contribution in [2.75, 3.05) is 19.0 Å². The van der Waals surface area contributed by atoms with Crippen molar-refractivity contribution < 1.29 is 13.5 Å². The first-order valence-corrected chi connectivity index (χ1v) is 4.19. The van der Waals surface area contributed by atoms with Crippen LogP contribution in [0.1, 0.15) is 5.56 Å². The minimum atomic E-state index is -2.47. The number of anilines is 1. The number of nitrogens with zero attached hydrogens (tertiary/aromatic N) is 1. The zero-order chi connectivity index (χ0) is 10.6. The van der Waals surface area contributed by atoms with Crippen molar-refractivity contribution in [3.63, 3.8) is 0 Å². The van der Waals surface area contributed by atoms with Crippen LogP contribution in [0.5, 0.6) is 5.88 Å². The summed E-state index contributed by atoms with van der Waals surface area (Å²) in [6.07, 6.45) is -0.937. The van der Waals surface area contributed by atoms with Crippen LogP contribution in [0.15, 0.2) is 12.3 Å². The van der Waals surface area contributed by atoms with Gasteiger partial charge in [0.15, 0.2) is 6.61 Å². The number of nitrogens with one attached hydrogen (secondary N) is 1. The van der Waals surface area contributed by atoms with E-state index < -0.39 is 13.0 Å². The first-order chi connectivity index (χ1) is 6.63. The Bertz CT molecular complexity index is 305. The van der Waals surface area contributed by atoms with Crippen LogP contribution in [0, 0.1) is 6.92 Å². The summed E-state index contributed by atoms with van der Waals surface area (Å²) in [5.41, 5.74) is 1.56. The Hall–Kier alpha value is -1.39. The Kier molecular flexibility index (Phi) is 3.62. The van der Waals surface area contributed by atoms with Crippen molar-refractivity contribution in [1.82, 2.24) is 4.98 Å². The van der Waals surface area contributed by atoms with E-state index in [2.05, 4.69) is 10.3 Å². The van der Waals surface area contributed by atoms with Gasteiger partial charge < -0.3 is 10.1 Å². The quantitative estimate of drug-likeness (QED) is 0.811. The minimum Gasteiger partial charge on any atom is -0.471 e. The summed E-state index contributed by atoms with van der Waals surface area (Å²) in [4.78, 5) is 3.90. The zero-order valence-electron chi connectivity index (χ0n) is 8.05. The maximum Gasteiger partial charge on any atom is 0.272 e. The molecule has 78 valence electrons. The van der Waals surface area contributed by atoms with Crippen molar-refractivity contribution >= 4 is 5.69 Å². The Morgan fingerprint density at radius 3 is 2.79 bits per heavy atom. The fourth-order valence-electron chi connectivity index (χ4n) is 0.992. The molecule has 5 heteroatoms. The molecular formula is C9H12F2N2O. The summed E-state index contributed by atoms with van der Waals surface area (Å²) >= 11 is 0. The summed E-state index contributed by atoms with van der Waals surface area (Å²) in [7, 11) is 1.76. The number of alkyl halides is 2. The van der Waals surface area contributed by atoms with Gasteiger partial charge in [0.2, 0.25) is 5.88 Å². The second-order valence-electron chi connectivity index (χ2n) is 2.80. The van der Waals surface area contributed by atoms with E-state index in [1.807, 2.05) is 0 Å². The summed E-state index contributed by atoms with van der Waals surface area (Å²) < 4.78 is 28.5. The third kappa shape index (κ3) is 2.83. The van der Waals surface area contributed by atoms with Gasteiger partial charge in [-0.25, -0.2) is 13.8 Å². The molecule has 1 heterocycles. The molecule has 1 rings (SSSR count). The van der Waals surface area contributed by atoms with Gasteiger partial charge in [0.05, 0.1) is 11.9 Å². The Labute approximate surface area is 81.1 Å². The number of ether oxygens (including phenoxy) is 1. The maximum absolute atomic E-state index is 11.8. The van der Waals surface area contributed by atoms with Crippen LogP contribution < -0.4 is 10.1 Å². The van der Waals surface area contributed by atoms with Gasteiger partial charge in [0.25, 0.3) is 6.43 Å². The van der Waals surface area contributed by atoms with Gasteiger partial charge in [0, 0.05) is 12.6 Å². The Morgan fingerprint density at radius 1 is 1.57 bits per heavy atom. The lowest BCUT2D eigenvalue weighted by Gasteiger charge is -2.08. The number of aromatic nitrogens is 1. The summed E-state index contributed by atoms with van der Waals surface area (Å²) in [5.74, 6) is 0.254. The Morgan fingerprint density at radius 2 is 2.29 bits per heavy atom. The van der Waals surface area contributed by atoms with Crippen LogP contribution in [-0.2, 0) is 0 Å². The SMILES string of the molecule is CNc1cnc(OCC(F)F)c(C)c1. The van der Waals surface area contributed by atoms with E-state index in [0.29, 0.717) is 0 Å². The van der Waals surface area contributed by atoms with E-state index in [1.165, 1.54) is 6.20 Å². The van der Waals surface area contributed by atoms with E-state index >= 15 is 0 Å². The molecule has 14 heavy (non-hydrogen) atoms. The van der Waals surface area contributed by atoms with Gasteiger partial charge in [0.1, 0.15) is 0 Å². The zero-order valence-corrected chi connectivity index (χ0v) is 8.05. The van der Waals surface area contributed by atoms with Crippen molar-refractivity contribution in [2.24, 2.45) is 0 Å². The van der Waals surface area contributed by atoms with Gasteiger partial charge in [-0.1, -0.05) is 0 Å². The molecule has 0 unspecified atom stereocenters. The molecule has 0 aliphatic heterocycles. The van der Waals surface area contributed by atoms with Crippen molar-refractivity contribution in [3.8, 4) is 5.88 Å². The fourth-order valence-corrected chi connectivity index (χ4v) is 0.992. The third-order valence-electron chi connectivity index (χ3n) is 1.66. The van der Waals surface area contributed by atoms with Gasteiger partial charge in [-0.2, -0.15) is 0 Å². The largest absolute Gasteiger partial charge is 0.471 e. The molecule has 0 fully saturated rings. The number of aryl methyl sites for hydroxylation is 1. The van der Waals surface area contributed by atoms with Crippen LogP contribution >= 0.6 is 0 Å². The second-order valence-corrected chi connectivity index (χ2v) is 2.80. The van der Waals surface area contributed by atoms with Gasteiger partial charge in [-0.3, -0.25) is 0 Å². The first-order valence-electron chi connectivity index (χ1n) is 4.19. The fraction of sp³-hybridized carbons (Fsp3) is 0.444. The van der Waals surface area contributed by atoms with Gasteiger partial charge >= 0.3 is 0 Å². The highest BCUT2D eigenvalue weighted by molar-refractivity contribution is 5.45. The van der Waals surface area contributed by atoms with E-state index in [0.717, 1.165) is 11.3 Å². The number of rotatable bonds is 4. The molecule has 1 aromatic heterocycles. The molecule has 1 N–H and O–H groups in total. The summed E-state index contributed by atoms with van der Waals surface area (Å²) in [5, 5.41) is 2.89. The lowest BCUT2D eigenvalue weighted by molar-refractivity contribution is 0.0792. The monoisotopic (exact) mass is 202 g/mol. The van der Waals surface area contributed by atoms with Crippen LogP contribution in [0.25, 0.3) is 0 Å². The minimum absolute atomic E-state index is 0.254. The van der Waals surface area contributed by atoms with Crippen molar-refractivity contribution in [3.05, 3.63) is 17.8 Å². The molecule has 3 nitrogen and oxygen atoms in total. The molecule has 1 aromatic rings. The molecule has 0 spiro atoms. The first kappa shape index (κ1) is 10.7. The molecule has 0 saturated carbocycles. The maximum atomic E-state index is 11.8. The summed E-state index contributed by atoms with van der Waals surface area (Å²) in [6.45, 7) is 1.14. The predicted octanol–water partition coefficient (Wildman–Crippen LogP) is 2.08. The van der Waals surface area contributed by atoms with E-state index in [4.69, 9.17) is 4.74 Å². The lowest BCUT2D eigenvalue weighted by Crippen LogP contribution is -2.09. The molecule has 0 bridgehead atoms. The number of pyridine rings is 1. The van der Waals surface area contributed by atoms with Gasteiger partial charge in [-0.15, -0.1) is 0 Å². The topological polar surface area (TPSA) is 34.2 Å². The van der Waals surface area contributed by atoms with Crippen LogP contribution in [0.4, 0.5) is 14.5 Å². The molecule has 0 amide bonds. The molecule has 0 atom stereocenters. The highest BCUT2D eigenvalue weighted by Gasteiger charge is 2.06. The molecule has 0 aliphatic carbocycles. The third-order valence-corrected chi connectivity index (χ3v) is 1.66. The molecular weight excluding hydrogens is 190 g/mol.